The molecular weight excluding hydrogens is 316 g/mol. The van der Waals surface area contributed by atoms with Crippen LogP contribution in [0.5, 0.6) is 0 Å². The number of piperidine rings is 1. The van der Waals surface area contributed by atoms with Crippen molar-refractivity contribution in [3.05, 3.63) is 20.8 Å². The molecule has 1 saturated heterocycles. The molecule has 2 heterocycles. The van der Waals surface area contributed by atoms with Crippen molar-refractivity contribution in [3.63, 3.8) is 0 Å². The minimum atomic E-state index is -0.0882. The number of hydrogen-bond acceptors (Lipinski definition) is 3. The molecule has 2 amide bonds. The molecule has 98 valence electrons. The van der Waals surface area contributed by atoms with Gasteiger partial charge in [-0.3, -0.25) is 9.59 Å². The molecule has 0 radical (unpaired) electrons. The summed E-state index contributed by atoms with van der Waals surface area (Å²) in [4.78, 5) is 26.0. The maximum atomic E-state index is 11.7. The van der Waals surface area contributed by atoms with Gasteiger partial charge in [-0.15, -0.1) is 11.3 Å². The Morgan fingerprint density at radius 1 is 1.50 bits per heavy atom. The maximum absolute atomic E-state index is 11.7. The molecule has 0 aliphatic carbocycles. The van der Waals surface area contributed by atoms with Gasteiger partial charge in [-0.2, -0.15) is 0 Å². The molecule has 0 bridgehead atoms. The number of hydrogen-bond donors (Lipinski definition) is 1. The summed E-state index contributed by atoms with van der Waals surface area (Å²) < 4.78 is 1.03. The molecule has 1 aliphatic heterocycles. The zero-order chi connectivity index (χ0) is 13.0. The number of amides is 2. The second-order valence-corrected chi connectivity index (χ2v) is 6.19. The Balaban J connectivity index is 1.76. The average molecular weight is 331 g/mol. The van der Waals surface area contributed by atoms with E-state index >= 15 is 0 Å². The van der Waals surface area contributed by atoms with Crippen LogP contribution >= 0.6 is 27.3 Å². The number of nitrogens with zero attached hydrogens (tertiary/aromatic N) is 1. The quantitative estimate of drug-likeness (QED) is 0.919. The Kier molecular flexibility index (Phi) is 4.77. The standard InChI is InChI=1S/C12H15BrN2O2S/c13-9-5-10(18-8-9)6-14-11(16)7-15-4-2-1-3-12(15)17/h5,8H,1-4,6-7H2,(H,14,16). The molecule has 1 aromatic rings. The van der Waals surface area contributed by atoms with E-state index in [9.17, 15) is 9.59 Å². The van der Waals surface area contributed by atoms with Gasteiger partial charge in [0.2, 0.25) is 11.8 Å². The number of carbonyl (C=O) groups excluding carboxylic acids is 2. The molecule has 18 heavy (non-hydrogen) atoms. The highest BCUT2D eigenvalue weighted by Gasteiger charge is 2.20. The van der Waals surface area contributed by atoms with E-state index in [1.54, 1.807) is 16.2 Å². The lowest BCUT2D eigenvalue weighted by Gasteiger charge is -2.25. The van der Waals surface area contributed by atoms with Crippen molar-refractivity contribution in [2.75, 3.05) is 13.1 Å². The van der Waals surface area contributed by atoms with Gasteiger partial charge in [-0.25, -0.2) is 0 Å². The summed E-state index contributed by atoms with van der Waals surface area (Å²) in [6, 6.07) is 1.98. The summed E-state index contributed by atoms with van der Waals surface area (Å²) in [6.07, 6.45) is 2.52. The van der Waals surface area contributed by atoms with E-state index in [0.29, 0.717) is 19.5 Å². The fourth-order valence-electron chi connectivity index (χ4n) is 1.89. The molecule has 1 N–H and O–H groups in total. The van der Waals surface area contributed by atoms with E-state index in [4.69, 9.17) is 0 Å². The SMILES string of the molecule is O=C(CN1CCCCC1=O)NCc1cc(Br)cs1. The van der Waals surface area contributed by atoms with Crippen LogP contribution < -0.4 is 5.32 Å². The summed E-state index contributed by atoms with van der Waals surface area (Å²) in [5, 5.41) is 4.82. The third-order valence-electron chi connectivity index (χ3n) is 2.84. The van der Waals surface area contributed by atoms with Gasteiger partial charge < -0.3 is 10.2 Å². The molecule has 6 heteroatoms. The highest BCUT2D eigenvalue weighted by atomic mass is 79.9. The number of rotatable bonds is 4. The Morgan fingerprint density at radius 2 is 2.33 bits per heavy atom. The predicted molar refractivity (Wildman–Crippen MR) is 74.3 cm³/mol. The predicted octanol–water partition coefficient (Wildman–Crippen LogP) is 2.14. The number of carbonyl (C=O) groups is 2. The Morgan fingerprint density at radius 3 is 3.00 bits per heavy atom. The number of thiophene rings is 1. The maximum Gasteiger partial charge on any atom is 0.239 e. The van der Waals surface area contributed by atoms with Gasteiger partial charge in [-0.1, -0.05) is 0 Å². The van der Waals surface area contributed by atoms with Crippen LogP contribution in [0.1, 0.15) is 24.1 Å². The van der Waals surface area contributed by atoms with Crippen LogP contribution in [-0.2, 0) is 16.1 Å². The first-order valence-electron chi connectivity index (χ1n) is 5.92. The Bertz CT molecular complexity index is 447. The van der Waals surface area contributed by atoms with Crippen LogP contribution in [0.3, 0.4) is 0 Å². The number of likely N-dealkylation sites (tertiary alicyclic amines) is 1. The van der Waals surface area contributed by atoms with E-state index in [2.05, 4.69) is 21.2 Å². The van der Waals surface area contributed by atoms with Crippen molar-refractivity contribution in [2.45, 2.75) is 25.8 Å². The van der Waals surface area contributed by atoms with E-state index in [1.807, 2.05) is 11.4 Å². The summed E-state index contributed by atoms with van der Waals surface area (Å²) in [5.74, 6) is 0.00467. The smallest absolute Gasteiger partial charge is 0.239 e. The van der Waals surface area contributed by atoms with Crippen molar-refractivity contribution >= 4 is 39.1 Å². The lowest BCUT2D eigenvalue weighted by atomic mass is 10.1. The van der Waals surface area contributed by atoms with Gasteiger partial charge >= 0.3 is 0 Å². The van der Waals surface area contributed by atoms with Crippen molar-refractivity contribution in [1.29, 1.82) is 0 Å². The van der Waals surface area contributed by atoms with Crippen LogP contribution in [0.15, 0.2) is 15.9 Å². The first-order valence-corrected chi connectivity index (χ1v) is 7.60. The van der Waals surface area contributed by atoms with Crippen LogP contribution in [0.2, 0.25) is 0 Å². The van der Waals surface area contributed by atoms with Gasteiger partial charge in [0.15, 0.2) is 0 Å². The third kappa shape index (κ3) is 3.81. The lowest BCUT2D eigenvalue weighted by molar-refractivity contribution is -0.137. The van der Waals surface area contributed by atoms with Gasteiger partial charge in [0, 0.05) is 27.7 Å². The van der Waals surface area contributed by atoms with Crippen LogP contribution in [-0.4, -0.2) is 29.8 Å². The van der Waals surface area contributed by atoms with Gasteiger partial charge in [0.05, 0.1) is 13.1 Å². The van der Waals surface area contributed by atoms with Gasteiger partial charge in [-0.05, 0) is 34.8 Å². The molecule has 0 spiro atoms. The second kappa shape index (κ2) is 6.33. The summed E-state index contributed by atoms with van der Waals surface area (Å²) >= 11 is 4.97. The van der Waals surface area contributed by atoms with Crippen molar-refractivity contribution in [3.8, 4) is 0 Å². The molecule has 0 atom stereocenters. The van der Waals surface area contributed by atoms with Gasteiger partial charge in [0.25, 0.3) is 0 Å². The minimum absolute atomic E-state index is 0.0882. The van der Waals surface area contributed by atoms with Crippen LogP contribution in [0.25, 0.3) is 0 Å². The first kappa shape index (κ1) is 13.5. The summed E-state index contributed by atoms with van der Waals surface area (Å²) in [7, 11) is 0. The largest absolute Gasteiger partial charge is 0.350 e. The molecule has 0 unspecified atom stereocenters. The monoisotopic (exact) mass is 330 g/mol. The van der Waals surface area contributed by atoms with E-state index < -0.39 is 0 Å². The topological polar surface area (TPSA) is 49.4 Å². The molecule has 0 saturated carbocycles. The number of nitrogens with one attached hydrogen (secondary N) is 1. The minimum Gasteiger partial charge on any atom is -0.350 e. The molecule has 4 nitrogen and oxygen atoms in total. The molecule has 1 aromatic heterocycles. The van der Waals surface area contributed by atoms with Crippen molar-refractivity contribution < 1.29 is 9.59 Å². The highest BCUT2D eigenvalue weighted by molar-refractivity contribution is 9.10. The molecule has 2 rings (SSSR count). The van der Waals surface area contributed by atoms with Crippen molar-refractivity contribution in [2.24, 2.45) is 0 Å². The Labute approximate surface area is 118 Å². The molecule has 0 aromatic carbocycles. The highest BCUT2D eigenvalue weighted by Crippen LogP contribution is 2.19. The van der Waals surface area contributed by atoms with Crippen LogP contribution in [0, 0.1) is 0 Å². The summed E-state index contributed by atoms with van der Waals surface area (Å²) in [6.45, 7) is 1.42. The molecule has 1 fully saturated rings. The molecule has 1 aliphatic rings. The van der Waals surface area contributed by atoms with E-state index in [0.717, 1.165) is 22.2 Å². The Hall–Kier alpha value is -0.880. The summed E-state index contributed by atoms with van der Waals surface area (Å²) in [5.41, 5.74) is 0. The van der Waals surface area contributed by atoms with Crippen LogP contribution in [0.4, 0.5) is 0 Å². The van der Waals surface area contributed by atoms with Crippen molar-refractivity contribution in [1.82, 2.24) is 10.2 Å². The molecular formula is C12H15BrN2O2S. The number of halogens is 1. The first-order chi connectivity index (χ1) is 8.65. The zero-order valence-electron chi connectivity index (χ0n) is 9.95. The van der Waals surface area contributed by atoms with E-state index in [1.165, 1.54) is 0 Å². The average Bonchev–Trinajstić information content (AvgIpc) is 2.76. The fraction of sp³-hybridized carbons (Fsp3) is 0.500. The van der Waals surface area contributed by atoms with E-state index in [-0.39, 0.29) is 18.4 Å². The van der Waals surface area contributed by atoms with Gasteiger partial charge in [0.1, 0.15) is 0 Å². The zero-order valence-corrected chi connectivity index (χ0v) is 12.3. The fourth-order valence-corrected chi connectivity index (χ4v) is 3.28. The normalized spacial score (nSPS) is 15.8. The second-order valence-electron chi connectivity index (χ2n) is 4.28. The third-order valence-corrected chi connectivity index (χ3v) is 4.54. The lowest BCUT2D eigenvalue weighted by Crippen LogP contribution is -2.42.